The number of rotatable bonds is 18. The third kappa shape index (κ3) is 16.8. The highest BCUT2D eigenvalue weighted by molar-refractivity contribution is 7.08. The van der Waals surface area contributed by atoms with Gasteiger partial charge in [-0.25, -0.2) is 0 Å². The highest BCUT2D eigenvalue weighted by Gasteiger charge is 2.24. The van der Waals surface area contributed by atoms with Gasteiger partial charge in [0.25, 0.3) is 29.3 Å². The van der Waals surface area contributed by atoms with Crippen LogP contribution in [-0.4, -0.2) is 73.9 Å². The molecular weight excluding hydrogens is 1320 g/mol. The summed E-state index contributed by atoms with van der Waals surface area (Å²) in [6.07, 6.45) is 7.74. The highest BCUT2D eigenvalue weighted by atomic mass is 32.1. The van der Waals surface area contributed by atoms with Crippen molar-refractivity contribution in [2.45, 2.75) is 79.1 Å². The summed E-state index contributed by atoms with van der Waals surface area (Å²) in [6, 6.07) is 65.8. The first-order valence-corrected chi connectivity index (χ1v) is 34.8. The van der Waals surface area contributed by atoms with Crippen molar-refractivity contribution < 1.29 is 42.0 Å². The number of thiophene rings is 1. The zero-order chi connectivity index (χ0) is 71.8. The third-order valence-corrected chi connectivity index (χ3v) is 18.5. The van der Waals surface area contributed by atoms with Crippen LogP contribution in [0.15, 0.2) is 235 Å². The lowest BCUT2D eigenvalue weighted by molar-refractivity contribution is -0.384. The number of hydrogen-bond acceptors (Lipinski definition) is 19. The second-order valence-corrected chi connectivity index (χ2v) is 25.8. The van der Waals surface area contributed by atoms with Crippen LogP contribution in [0.2, 0.25) is 0 Å². The number of nitrogens with zero attached hydrogens (tertiary/aromatic N) is 9. The molecule has 520 valence electrons. The Balaban J connectivity index is 0.000000130. The average molecular weight is 1390 g/mol. The Morgan fingerprint density at radius 2 is 0.796 bits per heavy atom. The molecule has 0 atom stereocenters. The molecule has 0 amide bonds. The van der Waals surface area contributed by atoms with Gasteiger partial charge in [0, 0.05) is 28.3 Å². The fourth-order valence-electron chi connectivity index (χ4n) is 12.4. The molecule has 1 fully saturated rings. The molecule has 0 bridgehead atoms. The van der Waals surface area contributed by atoms with E-state index in [1.54, 1.807) is 58.0 Å². The van der Waals surface area contributed by atoms with Gasteiger partial charge < -0.3 is 37.0 Å². The molecule has 1 saturated carbocycles. The van der Waals surface area contributed by atoms with Crippen LogP contribution >= 0.6 is 11.3 Å². The van der Waals surface area contributed by atoms with E-state index in [0.717, 1.165) is 68.2 Å². The number of aromatic nitrogens is 8. The van der Waals surface area contributed by atoms with Crippen LogP contribution in [0, 0.1) is 36.8 Å². The summed E-state index contributed by atoms with van der Waals surface area (Å²) < 4.78 is 43.2. The van der Waals surface area contributed by atoms with Crippen LogP contribution in [0.4, 0.5) is 5.69 Å². The fraction of sp³-hybridized carbons (Fsp3) is 0.205. The number of methoxy groups -OCH3 is 4. The summed E-state index contributed by atoms with van der Waals surface area (Å²) in [4.78, 5) is 29.3. The van der Waals surface area contributed by atoms with Gasteiger partial charge in [-0.2, -0.15) is 31.3 Å². The Labute approximate surface area is 601 Å². The van der Waals surface area contributed by atoms with Crippen molar-refractivity contribution in [3.8, 4) is 137 Å². The van der Waals surface area contributed by atoms with Gasteiger partial charge in [-0.3, -0.25) is 10.1 Å². The Morgan fingerprint density at radius 3 is 1.19 bits per heavy atom. The molecule has 9 aromatic carbocycles. The minimum atomic E-state index is -0.400. The van der Waals surface area contributed by atoms with Crippen LogP contribution in [0.1, 0.15) is 79.7 Å². The molecule has 0 radical (unpaired) electrons. The minimum absolute atomic E-state index is 0.0196. The van der Waals surface area contributed by atoms with E-state index in [0.29, 0.717) is 75.2 Å². The van der Waals surface area contributed by atoms with Crippen molar-refractivity contribution in [1.29, 1.82) is 0 Å². The molecule has 0 aliphatic heterocycles. The molecule has 19 nitrogen and oxygen atoms in total. The van der Waals surface area contributed by atoms with E-state index in [1.165, 1.54) is 71.6 Å². The van der Waals surface area contributed by atoms with E-state index in [9.17, 15) is 10.1 Å². The van der Waals surface area contributed by atoms with E-state index in [-0.39, 0.29) is 11.6 Å². The topological polar surface area (TPSA) is 236 Å². The van der Waals surface area contributed by atoms with Gasteiger partial charge in [-0.05, 0) is 204 Å². The van der Waals surface area contributed by atoms with Crippen molar-refractivity contribution in [1.82, 2.24) is 40.6 Å². The average Bonchev–Trinajstić information content (AvgIpc) is 1.79. The molecule has 0 N–H and O–H groups in total. The maximum atomic E-state index is 11.7. The van der Waals surface area contributed by atoms with E-state index >= 15 is 0 Å². The van der Waals surface area contributed by atoms with Crippen molar-refractivity contribution in [3.63, 3.8) is 0 Å². The number of benzene rings is 9. The van der Waals surface area contributed by atoms with Gasteiger partial charge in [0.2, 0.25) is 23.3 Å². The summed E-state index contributed by atoms with van der Waals surface area (Å²) in [5.74, 6) is 7.85. The summed E-state index contributed by atoms with van der Waals surface area (Å²) in [5, 5.41) is 32.4. The maximum Gasteiger partial charge on any atom is 0.277 e. The molecule has 0 spiro atoms. The first-order chi connectivity index (χ1) is 50.3. The molecule has 14 aromatic rings. The molecular formula is C83H77N9O10S. The van der Waals surface area contributed by atoms with Crippen LogP contribution < -0.4 is 18.9 Å². The van der Waals surface area contributed by atoms with Crippen molar-refractivity contribution in [2.24, 2.45) is 5.92 Å². The number of nitro groups is 1. The van der Waals surface area contributed by atoms with Crippen LogP contribution in [-0.2, 0) is 6.42 Å². The normalized spacial score (nSPS) is 11.9. The number of aryl methyl sites for hydroxylation is 3. The van der Waals surface area contributed by atoms with Gasteiger partial charge in [0.1, 0.15) is 23.0 Å². The van der Waals surface area contributed by atoms with Gasteiger partial charge >= 0.3 is 0 Å². The van der Waals surface area contributed by atoms with E-state index in [1.807, 2.05) is 140 Å². The van der Waals surface area contributed by atoms with Crippen molar-refractivity contribution >= 4 is 17.0 Å². The molecule has 0 saturated heterocycles. The van der Waals surface area contributed by atoms with Gasteiger partial charge in [-0.1, -0.05) is 157 Å². The molecule has 20 heteroatoms. The van der Waals surface area contributed by atoms with E-state index < -0.39 is 4.92 Å². The molecule has 5 aromatic heterocycles. The third-order valence-electron chi connectivity index (χ3n) is 17.7. The van der Waals surface area contributed by atoms with E-state index in [4.69, 9.17) is 37.0 Å². The molecule has 1 aliphatic rings. The zero-order valence-corrected chi connectivity index (χ0v) is 59.5. The zero-order valence-electron chi connectivity index (χ0n) is 58.7. The summed E-state index contributed by atoms with van der Waals surface area (Å²) in [6.45, 7) is 10.6. The van der Waals surface area contributed by atoms with Gasteiger partial charge in [0.15, 0.2) is 0 Å². The number of ether oxygens (including phenoxy) is 4. The molecule has 5 heterocycles. The van der Waals surface area contributed by atoms with Crippen LogP contribution in [0.5, 0.6) is 23.0 Å². The Morgan fingerprint density at radius 1 is 0.417 bits per heavy atom. The molecule has 1 aliphatic carbocycles. The standard InChI is InChI=1S/C22H17N3O4.C21H18N2O2S.C21H22N2O2.C19H20N2O2/c1-14-7-3-4-8-16(14)17-12-11-15(13-19(17)25(26)27)22-23-21(24-29-22)18-9-5-6-10-20(18)28-2;1-13-10-15(8-9-16(13)18-12-26-11-14(18)2)21-22-20(23-25-21)17-6-4-5-7-19(17)24-3;1-24-19-10-6-5-9-18(19)20-22-21(25-23-20)17-13-11-16(12-14-17)15-7-3-2-4-8-15;1-13(2)12-14-8-10-15(11-9-14)19-20-18(21-23-19)16-6-4-5-7-17(16)22-3/h3-13H,1-2H3;4-12H,1-3H3;5-6,9-15H,2-4,7-8H2,1H3;4-11,13H,12H2,1-3H3. The summed E-state index contributed by atoms with van der Waals surface area (Å²) >= 11 is 1.72. The summed E-state index contributed by atoms with van der Waals surface area (Å²) in [7, 11) is 6.47. The molecule has 103 heavy (non-hydrogen) atoms. The van der Waals surface area contributed by atoms with Crippen LogP contribution in [0.25, 0.3) is 114 Å². The predicted octanol–water partition coefficient (Wildman–Crippen LogP) is 21.1. The van der Waals surface area contributed by atoms with E-state index in [2.05, 4.69) is 128 Å². The Hall–Kier alpha value is -12.2. The van der Waals surface area contributed by atoms with Gasteiger partial charge in [-0.15, -0.1) is 0 Å². The number of nitro benzene ring substituents is 1. The lowest BCUT2D eigenvalue weighted by Crippen LogP contribution is -2.04. The minimum Gasteiger partial charge on any atom is -0.496 e. The number of hydrogen-bond donors (Lipinski definition) is 0. The van der Waals surface area contributed by atoms with Gasteiger partial charge in [0.05, 0.1) is 61.2 Å². The highest BCUT2D eigenvalue weighted by Crippen LogP contribution is 2.40. The first kappa shape index (κ1) is 70.7. The van der Waals surface area contributed by atoms with Crippen molar-refractivity contribution in [2.75, 3.05) is 28.4 Å². The maximum absolute atomic E-state index is 11.7. The largest absolute Gasteiger partial charge is 0.496 e. The van der Waals surface area contributed by atoms with Crippen LogP contribution in [0.3, 0.4) is 0 Å². The Bertz CT molecular complexity index is 5150. The number of para-hydroxylation sites is 4. The summed E-state index contributed by atoms with van der Waals surface area (Å²) in [5.41, 5.74) is 16.4. The quantitative estimate of drug-likeness (QED) is 0.0573. The monoisotopic (exact) mass is 1390 g/mol. The molecule has 15 rings (SSSR count). The second kappa shape index (κ2) is 33.3. The first-order valence-electron chi connectivity index (χ1n) is 33.8. The second-order valence-electron chi connectivity index (χ2n) is 25.0. The smallest absolute Gasteiger partial charge is 0.277 e. The lowest BCUT2D eigenvalue weighted by atomic mass is 9.84. The Kier molecular flexibility index (Phi) is 22.9. The SMILES string of the molecule is COc1ccccc1-c1noc(-c2ccc(-c3ccccc3C)c([N+](=O)[O-])c2)n1.COc1ccccc1-c1noc(-c2ccc(-c3cscc3C)c(C)c2)n1.COc1ccccc1-c1noc(-c2ccc(C3CCCCC3)cc2)n1.COc1ccccc1-c1noc(-c2ccc(CC(C)C)cc2)n1. The predicted molar refractivity (Wildman–Crippen MR) is 401 cm³/mol. The van der Waals surface area contributed by atoms with Crippen molar-refractivity contribution in [3.05, 3.63) is 255 Å². The lowest BCUT2D eigenvalue weighted by Gasteiger charge is -2.21. The fourth-order valence-corrected chi connectivity index (χ4v) is 13.2. The molecule has 0 unspecified atom stereocenters.